The monoisotopic (exact) mass is 333 g/mol. The molecule has 0 fully saturated rings. The number of carbonyl (C=O) groups excluding carboxylic acids is 1. The summed E-state index contributed by atoms with van der Waals surface area (Å²) in [4.78, 5) is 16.4. The number of esters is 1. The molecule has 0 atom stereocenters. The Hall–Kier alpha value is -1.68. The number of rotatable bonds is 4. The number of carbonyl (C=O) groups is 1. The van der Waals surface area contributed by atoms with Crippen LogP contribution in [0.3, 0.4) is 0 Å². The molecule has 104 valence electrons. The van der Waals surface area contributed by atoms with E-state index in [9.17, 15) is 4.79 Å². The fourth-order valence-electron chi connectivity index (χ4n) is 1.97. The lowest BCUT2D eigenvalue weighted by Crippen LogP contribution is -2.09. The third kappa shape index (κ3) is 3.25. The molecule has 0 spiro atoms. The number of aryl methyl sites for hydroxylation is 1. The SMILES string of the molecule is CCOC(=O)c1ccc(-c2cccc(Br)c2)nc1CC. The molecule has 0 N–H and O–H groups in total. The van der Waals surface area contributed by atoms with Gasteiger partial charge in [0.25, 0.3) is 0 Å². The Bertz CT molecular complexity index is 626. The fourth-order valence-corrected chi connectivity index (χ4v) is 2.37. The van der Waals surface area contributed by atoms with E-state index in [0.29, 0.717) is 18.6 Å². The van der Waals surface area contributed by atoms with Crippen molar-refractivity contribution in [3.05, 3.63) is 52.1 Å². The molecule has 0 bridgehead atoms. The summed E-state index contributed by atoms with van der Waals surface area (Å²) in [6.07, 6.45) is 0.690. The number of aromatic nitrogens is 1. The first-order valence-corrected chi connectivity index (χ1v) is 7.38. The predicted octanol–water partition coefficient (Wildman–Crippen LogP) is 4.25. The third-order valence-corrected chi connectivity index (χ3v) is 3.42. The summed E-state index contributed by atoms with van der Waals surface area (Å²) in [5, 5.41) is 0. The van der Waals surface area contributed by atoms with Crippen LogP contribution in [0.5, 0.6) is 0 Å². The van der Waals surface area contributed by atoms with E-state index in [-0.39, 0.29) is 5.97 Å². The maximum atomic E-state index is 11.9. The molecule has 1 aromatic carbocycles. The van der Waals surface area contributed by atoms with Crippen molar-refractivity contribution >= 4 is 21.9 Å². The maximum absolute atomic E-state index is 11.9. The van der Waals surface area contributed by atoms with E-state index in [1.54, 1.807) is 13.0 Å². The minimum absolute atomic E-state index is 0.308. The lowest BCUT2D eigenvalue weighted by molar-refractivity contribution is 0.0524. The van der Waals surface area contributed by atoms with Gasteiger partial charge in [-0.1, -0.05) is 35.0 Å². The van der Waals surface area contributed by atoms with E-state index >= 15 is 0 Å². The molecule has 0 saturated carbocycles. The number of benzene rings is 1. The highest BCUT2D eigenvalue weighted by Crippen LogP contribution is 2.23. The lowest BCUT2D eigenvalue weighted by Gasteiger charge is -2.09. The van der Waals surface area contributed by atoms with E-state index in [4.69, 9.17) is 4.74 Å². The Kier molecular flexibility index (Phi) is 4.90. The Balaban J connectivity index is 2.41. The second kappa shape index (κ2) is 6.66. The largest absolute Gasteiger partial charge is 0.462 e. The van der Waals surface area contributed by atoms with Gasteiger partial charge in [0, 0.05) is 10.0 Å². The summed E-state index contributed by atoms with van der Waals surface area (Å²) < 4.78 is 6.05. The fraction of sp³-hybridized carbons (Fsp3) is 0.250. The number of hydrogen-bond donors (Lipinski definition) is 0. The topological polar surface area (TPSA) is 39.2 Å². The minimum atomic E-state index is -0.308. The Morgan fingerprint density at radius 3 is 2.70 bits per heavy atom. The van der Waals surface area contributed by atoms with E-state index < -0.39 is 0 Å². The summed E-state index contributed by atoms with van der Waals surface area (Å²) in [7, 11) is 0. The average molecular weight is 334 g/mol. The third-order valence-electron chi connectivity index (χ3n) is 2.92. The molecular weight excluding hydrogens is 318 g/mol. The van der Waals surface area contributed by atoms with Crippen molar-refractivity contribution in [2.75, 3.05) is 6.61 Å². The van der Waals surface area contributed by atoms with Gasteiger partial charge >= 0.3 is 5.97 Å². The summed E-state index contributed by atoms with van der Waals surface area (Å²) in [6.45, 7) is 4.15. The molecule has 2 aromatic rings. The maximum Gasteiger partial charge on any atom is 0.339 e. The van der Waals surface area contributed by atoms with Crippen LogP contribution in [0.4, 0.5) is 0 Å². The van der Waals surface area contributed by atoms with Gasteiger partial charge in [-0.2, -0.15) is 0 Å². The van der Waals surface area contributed by atoms with Crippen molar-refractivity contribution < 1.29 is 9.53 Å². The smallest absolute Gasteiger partial charge is 0.339 e. The number of pyridine rings is 1. The molecule has 0 aliphatic rings. The molecule has 0 radical (unpaired) electrons. The highest BCUT2D eigenvalue weighted by atomic mass is 79.9. The molecular formula is C16H16BrNO2. The molecule has 0 unspecified atom stereocenters. The molecule has 3 nitrogen and oxygen atoms in total. The van der Waals surface area contributed by atoms with Crippen molar-refractivity contribution in [3.8, 4) is 11.3 Å². The first-order chi connectivity index (χ1) is 9.65. The van der Waals surface area contributed by atoms with Gasteiger partial charge in [0.05, 0.1) is 23.6 Å². The van der Waals surface area contributed by atoms with Gasteiger partial charge in [-0.25, -0.2) is 4.79 Å². The van der Waals surface area contributed by atoms with Crippen LogP contribution >= 0.6 is 15.9 Å². The summed E-state index contributed by atoms with van der Waals surface area (Å²) in [5.41, 5.74) is 3.19. The molecule has 0 aliphatic carbocycles. The standard InChI is InChI=1S/C16H16BrNO2/c1-3-14-13(16(19)20-4-2)8-9-15(18-14)11-6-5-7-12(17)10-11/h5-10H,3-4H2,1-2H3. The van der Waals surface area contributed by atoms with Crippen molar-refractivity contribution in [1.82, 2.24) is 4.98 Å². The molecule has 1 heterocycles. The molecule has 0 amide bonds. The Labute approximate surface area is 127 Å². The van der Waals surface area contributed by atoms with Gasteiger partial charge in [-0.15, -0.1) is 0 Å². The highest BCUT2D eigenvalue weighted by molar-refractivity contribution is 9.10. The predicted molar refractivity (Wildman–Crippen MR) is 82.7 cm³/mol. The molecule has 1 aromatic heterocycles. The van der Waals surface area contributed by atoms with Crippen LogP contribution in [-0.4, -0.2) is 17.6 Å². The first-order valence-electron chi connectivity index (χ1n) is 6.58. The van der Waals surface area contributed by atoms with Crippen LogP contribution in [0.1, 0.15) is 29.9 Å². The zero-order valence-corrected chi connectivity index (χ0v) is 13.1. The van der Waals surface area contributed by atoms with Crippen molar-refractivity contribution in [1.29, 1.82) is 0 Å². The highest BCUT2D eigenvalue weighted by Gasteiger charge is 2.14. The van der Waals surface area contributed by atoms with Crippen LogP contribution in [0.15, 0.2) is 40.9 Å². The summed E-state index contributed by atoms with van der Waals surface area (Å²) in [5.74, 6) is -0.308. The zero-order chi connectivity index (χ0) is 14.5. The number of halogens is 1. The van der Waals surface area contributed by atoms with Crippen LogP contribution in [-0.2, 0) is 11.2 Å². The van der Waals surface area contributed by atoms with E-state index in [1.165, 1.54) is 0 Å². The summed E-state index contributed by atoms with van der Waals surface area (Å²) >= 11 is 3.45. The molecule has 20 heavy (non-hydrogen) atoms. The molecule has 4 heteroatoms. The Morgan fingerprint density at radius 2 is 2.05 bits per heavy atom. The second-order valence-corrected chi connectivity index (χ2v) is 5.19. The second-order valence-electron chi connectivity index (χ2n) is 4.28. The van der Waals surface area contributed by atoms with Crippen LogP contribution in [0, 0.1) is 0 Å². The average Bonchev–Trinajstić information content (AvgIpc) is 2.46. The zero-order valence-electron chi connectivity index (χ0n) is 11.5. The lowest BCUT2D eigenvalue weighted by atomic mass is 10.1. The van der Waals surface area contributed by atoms with Gasteiger partial charge in [0.15, 0.2) is 0 Å². The number of nitrogens with zero attached hydrogens (tertiary/aromatic N) is 1. The first kappa shape index (κ1) is 14.7. The van der Waals surface area contributed by atoms with Gasteiger partial charge in [0.2, 0.25) is 0 Å². The van der Waals surface area contributed by atoms with Crippen LogP contribution in [0.25, 0.3) is 11.3 Å². The number of hydrogen-bond acceptors (Lipinski definition) is 3. The van der Waals surface area contributed by atoms with Gasteiger partial charge < -0.3 is 4.74 Å². The van der Waals surface area contributed by atoms with Crippen molar-refractivity contribution in [2.24, 2.45) is 0 Å². The minimum Gasteiger partial charge on any atom is -0.462 e. The van der Waals surface area contributed by atoms with E-state index in [1.807, 2.05) is 37.3 Å². The molecule has 0 saturated heterocycles. The van der Waals surface area contributed by atoms with Gasteiger partial charge in [-0.05, 0) is 37.6 Å². The quantitative estimate of drug-likeness (QED) is 0.785. The summed E-state index contributed by atoms with van der Waals surface area (Å²) in [6, 6.07) is 11.6. The van der Waals surface area contributed by atoms with Crippen molar-refractivity contribution in [2.45, 2.75) is 20.3 Å². The normalized spacial score (nSPS) is 10.3. The van der Waals surface area contributed by atoms with Gasteiger partial charge in [-0.3, -0.25) is 4.98 Å². The molecule has 2 rings (SSSR count). The van der Waals surface area contributed by atoms with E-state index in [0.717, 1.165) is 21.4 Å². The molecule has 0 aliphatic heterocycles. The number of ether oxygens (including phenoxy) is 1. The van der Waals surface area contributed by atoms with E-state index in [2.05, 4.69) is 20.9 Å². The van der Waals surface area contributed by atoms with Crippen molar-refractivity contribution in [3.63, 3.8) is 0 Å². The Morgan fingerprint density at radius 1 is 1.25 bits per heavy atom. The van der Waals surface area contributed by atoms with Crippen LogP contribution in [0.2, 0.25) is 0 Å². The van der Waals surface area contributed by atoms with Crippen LogP contribution < -0.4 is 0 Å². The van der Waals surface area contributed by atoms with Gasteiger partial charge in [0.1, 0.15) is 0 Å².